The second-order valence-electron chi connectivity index (χ2n) is 6.63. The van der Waals surface area contributed by atoms with E-state index in [-0.39, 0.29) is 6.09 Å². The minimum Gasteiger partial charge on any atom is -0.444 e. The van der Waals surface area contributed by atoms with Gasteiger partial charge < -0.3 is 10.1 Å². The molecule has 2 heterocycles. The Morgan fingerprint density at radius 2 is 2.33 bits per heavy atom. The summed E-state index contributed by atoms with van der Waals surface area (Å²) in [6.07, 6.45) is 4.48. The van der Waals surface area contributed by atoms with Gasteiger partial charge >= 0.3 is 6.09 Å². The maximum absolute atomic E-state index is 11.6. The average molecular weight is 291 g/mol. The minimum atomic E-state index is -0.438. The second kappa shape index (κ2) is 6.89. The van der Waals surface area contributed by atoms with Crippen molar-refractivity contribution in [3.63, 3.8) is 0 Å². The highest BCUT2D eigenvalue weighted by atomic mass is 16.6. The zero-order chi connectivity index (χ0) is 15.3. The Morgan fingerprint density at radius 3 is 3.00 bits per heavy atom. The van der Waals surface area contributed by atoms with Crippen LogP contribution in [0.4, 0.5) is 4.79 Å². The lowest BCUT2D eigenvalue weighted by molar-refractivity contribution is 0.0519. The van der Waals surface area contributed by atoms with Gasteiger partial charge in [-0.2, -0.15) is 0 Å². The molecule has 0 unspecified atom stereocenters. The van der Waals surface area contributed by atoms with E-state index in [1.54, 1.807) is 6.20 Å². The Balaban J connectivity index is 1.69. The summed E-state index contributed by atoms with van der Waals surface area (Å²) < 4.78 is 5.25. The van der Waals surface area contributed by atoms with Gasteiger partial charge in [-0.3, -0.25) is 9.88 Å². The van der Waals surface area contributed by atoms with Gasteiger partial charge in [0.05, 0.1) is 0 Å². The number of nitrogens with zero attached hydrogens (tertiary/aromatic N) is 2. The molecule has 1 aromatic rings. The molecule has 0 aromatic carbocycles. The van der Waals surface area contributed by atoms with E-state index in [9.17, 15) is 4.79 Å². The maximum atomic E-state index is 11.6. The third-order valence-electron chi connectivity index (χ3n) is 3.43. The van der Waals surface area contributed by atoms with Crippen LogP contribution in [0.2, 0.25) is 0 Å². The van der Waals surface area contributed by atoms with E-state index < -0.39 is 5.60 Å². The fourth-order valence-corrected chi connectivity index (χ4v) is 2.51. The first-order chi connectivity index (χ1) is 9.92. The summed E-state index contributed by atoms with van der Waals surface area (Å²) >= 11 is 0. The Kier molecular flexibility index (Phi) is 5.17. The predicted octanol–water partition coefficient (Wildman–Crippen LogP) is 2.43. The highest BCUT2D eigenvalue weighted by molar-refractivity contribution is 5.67. The van der Waals surface area contributed by atoms with Crippen molar-refractivity contribution < 1.29 is 9.53 Å². The fourth-order valence-electron chi connectivity index (χ4n) is 2.51. The number of pyridine rings is 1. The summed E-state index contributed by atoms with van der Waals surface area (Å²) in [7, 11) is 0. The van der Waals surface area contributed by atoms with E-state index in [1.807, 2.05) is 33.0 Å². The molecule has 21 heavy (non-hydrogen) atoms. The molecule has 1 aliphatic heterocycles. The number of amides is 1. The smallest absolute Gasteiger partial charge is 0.407 e. The normalized spacial score (nSPS) is 19.5. The van der Waals surface area contributed by atoms with Crippen LogP contribution in [0.1, 0.15) is 32.8 Å². The van der Waals surface area contributed by atoms with E-state index in [1.165, 1.54) is 5.56 Å². The van der Waals surface area contributed by atoms with E-state index in [0.717, 1.165) is 26.1 Å². The van der Waals surface area contributed by atoms with Crippen molar-refractivity contribution in [2.45, 2.75) is 39.3 Å². The van der Waals surface area contributed by atoms with Gasteiger partial charge in [-0.15, -0.1) is 0 Å². The zero-order valence-corrected chi connectivity index (χ0v) is 13.1. The summed E-state index contributed by atoms with van der Waals surface area (Å²) in [5.74, 6) is 0.495. The standard InChI is InChI=1S/C16H25N3O2/c1-16(2,3)21-15(20)18-10-14-6-8-19(12-14)11-13-5-4-7-17-9-13/h4-5,7,9,14H,6,8,10-12H2,1-3H3,(H,18,20)/t14-/m0/s1. The molecule has 0 saturated carbocycles. The number of aromatic nitrogens is 1. The average Bonchev–Trinajstić information content (AvgIpc) is 2.83. The lowest BCUT2D eigenvalue weighted by Crippen LogP contribution is -2.35. The van der Waals surface area contributed by atoms with Crippen LogP contribution >= 0.6 is 0 Å². The van der Waals surface area contributed by atoms with Crippen LogP contribution in [0.5, 0.6) is 0 Å². The lowest BCUT2D eigenvalue weighted by Gasteiger charge is -2.21. The SMILES string of the molecule is CC(C)(C)OC(=O)NC[C@@H]1CCN(Cc2cccnc2)C1. The van der Waals surface area contributed by atoms with Crippen LogP contribution in [-0.4, -0.2) is 41.2 Å². The highest BCUT2D eigenvalue weighted by Gasteiger charge is 2.24. The molecule has 1 aliphatic rings. The summed E-state index contributed by atoms with van der Waals surface area (Å²) in [5, 5.41) is 2.87. The summed E-state index contributed by atoms with van der Waals surface area (Å²) in [6.45, 7) is 9.29. The number of alkyl carbamates (subject to hydrolysis) is 1. The van der Waals surface area contributed by atoms with Gasteiger partial charge in [0.25, 0.3) is 0 Å². The van der Waals surface area contributed by atoms with Crippen LogP contribution < -0.4 is 5.32 Å². The zero-order valence-electron chi connectivity index (χ0n) is 13.1. The molecule has 0 aliphatic carbocycles. The van der Waals surface area contributed by atoms with Gasteiger partial charge in [0.2, 0.25) is 0 Å². The van der Waals surface area contributed by atoms with Crippen molar-refractivity contribution in [3.8, 4) is 0 Å². The first-order valence-electron chi connectivity index (χ1n) is 7.50. The number of carbonyl (C=O) groups excluding carboxylic acids is 1. The van der Waals surface area contributed by atoms with Gasteiger partial charge in [-0.25, -0.2) is 4.79 Å². The van der Waals surface area contributed by atoms with Crippen molar-refractivity contribution in [1.29, 1.82) is 0 Å². The largest absolute Gasteiger partial charge is 0.444 e. The Labute approximate surface area is 126 Å². The van der Waals surface area contributed by atoms with Gasteiger partial charge in [-0.1, -0.05) is 6.07 Å². The first-order valence-corrected chi connectivity index (χ1v) is 7.50. The van der Waals surface area contributed by atoms with Gasteiger partial charge in [0.1, 0.15) is 5.60 Å². The molecule has 1 saturated heterocycles. The van der Waals surface area contributed by atoms with Crippen LogP contribution in [0, 0.1) is 5.92 Å². The van der Waals surface area contributed by atoms with Crippen LogP contribution in [0.25, 0.3) is 0 Å². The predicted molar refractivity (Wildman–Crippen MR) is 81.9 cm³/mol. The van der Waals surface area contributed by atoms with E-state index >= 15 is 0 Å². The molecule has 5 heteroatoms. The highest BCUT2D eigenvalue weighted by Crippen LogP contribution is 2.18. The molecule has 0 radical (unpaired) electrons. The van der Waals surface area contributed by atoms with E-state index in [4.69, 9.17) is 4.74 Å². The lowest BCUT2D eigenvalue weighted by atomic mass is 10.1. The monoisotopic (exact) mass is 291 g/mol. The van der Waals surface area contributed by atoms with Crippen molar-refractivity contribution in [2.75, 3.05) is 19.6 Å². The van der Waals surface area contributed by atoms with E-state index in [0.29, 0.717) is 12.5 Å². The van der Waals surface area contributed by atoms with Gasteiger partial charge in [0, 0.05) is 32.0 Å². The molecule has 1 atom stereocenters. The molecule has 0 spiro atoms. The Hall–Kier alpha value is -1.62. The number of rotatable bonds is 4. The number of nitrogens with one attached hydrogen (secondary N) is 1. The molecule has 5 nitrogen and oxygen atoms in total. The summed E-state index contributed by atoms with van der Waals surface area (Å²) in [6, 6.07) is 4.06. The van der Waals surface area contributed by atoms with Crippen molar-refractivity contribution in [2.24, 2.45) is 5.92 Å². The number of hydrogen-bond donors (Lipinski definition) is 1. The molecule has 1 aromatic heterocycles. The Bertz CT molecular complexity index is 456. The number of hydrogen-bond acceptors (Lipinski definition) is 4. The van der Waals surface area contributed by atoms with Crippen LogP contribution in [0.3, 0.4) is 0 Å². The molecule has 1 amide bonds. The maximum Gasteiger partial charge on any atom is 0.407 e. The van der Waals surface area contributed by atoms with E-state index in [2.05, 4.69) is 21.3 Å². The van der Waals surface area contributed by atoms with Gasteiger partial charge in [-0.05, 0) is 51.3 Å². The van der Waals surface area contributed by atoms with Gasteiger partial charge in [0.15, 0.2) is 0 Å². The summed E-state index contributed by atoms with van der Waals surface area (Å²) in [4.78, 5) is 18.2. The molecular weight excluding hydrogens is 266 g/mol. The molecule has 0 bridgehead atoms. The molecule has 116 valence electrons. The third-order valence-corrected chi connectivity index (χ3v) is 3.43. The van der Waals surface area contributed by atoms with Crippen LogP contribution in [-0.2, 0) is 11.3 Å². The molecule has 1 fully saturated rings. The quantitative estimate of drug-likeness (QED) is 0.925. The molecule has 1 N–H and O–H groups in total. The molecule has 2 rings (SSSR count). The summed E-state index contributed by atoms with van der Waals surface area (Å²) in [5.41, 5.74) is 0.796. The third kappa shape index (κ3) is 5.71. The van der Waals surface area contributed by atoms with Crippen molar-refractivity contribution in [3.05, 3.63) is 30.1 Å². The molecular formula is C16H25N3O2. The fraction of sp³-hybridized carbons (Fsp3) is 0.625. The van der Waals surface area contributed by atoms with Crippen molar-refractivity contribution in [1.82, 2.24) is 15.2 Å². The topological polar surface area (TPSA) is 54.5 Å². The second-order valence-corrected chi connectivity index (χ2v) is 6.63. The number of likely N-dealkylation sites (tertiary alicyclic amines) is 1. The Morgan fingerprint density at radius 1 is 1.52 bits per heavy atom. The van der Waals surface area contributed by atoms with Crippen LogP contribution in [0.15, 0.2) is 24.5 Å². The number of ether oxygens (including phenoxy) is 1. The minimum absolute atomic E-state index is 0.326. The first kappa shape index (κ1) is 15.8. The van der Waals surface area contributed by atoms with Crippen molar-refractivity contribution >= 4 is 6.09 Å². The number of carbonyl (C=O) groups is 1.